The zero-order valence-electron chi connectivity index (χ0n) is 13.7. The number of hydrogen-bond donors (Lipinski definition) is 1. The summed E-state index contributed by atoms with van der Waals surface area (Å²) in [6, 6.07) is 4.63. The number of sulfonamides is 1. The highest BCUT2D eigenvalue weighted by molar-refractivity contribution is 7.89. The summed E-state index contributed by atoms with van der Waals surface area (Å²) in [7, 11) is -2.48. The number of aromatic nitrogens is 2. The van der Waals surface area contributed by atoms with E-state index < -0.39 is 15.9 Å². The Bertz CT molecular complexity index is 1070. The molecule has 7 nitrogen and oxygen atoms in total. The summed E-state index contributed by atoms with van der Waals surface area (Å²) in [5.41, 5.74) is 1.26. The summed E-state index contributed by atoms with van der Waals surface area (Å²) in [6.45, 7) is -0.364. The Morgan fingerprint density at radius 2 is 2.15 bits per heavy atom. The molecule has 0 radical (unpaired) electrons. The van der Waals surface area contributed by atoms with Crippen LogP contribution in [0, 0.1) is 0 Å². The smallest absolute Gasteiger partial charge is 0.244 e. The first-order valence-corrected chi connectivity index (χ1v) is 11.2. The SMILES string of the molecule is CN(CC(=O)Nc1nc(-c2cc(Cl)sc2Cl)cs1)S(=O)(=O)c1cccnc1. The maximum absolute atomic E-state index is 12.4. The first kappa shape index (κ1) is 20.2. The highest BCUT2D eigenvalue weighted by atomic mass is 35.5. The fraction of sp³-hybridized carbons (Fsp3) is 0.133. The molecule has 0 aliphatic rings. The number of hydrogen-bond acceptors (Lipinski definition) is 7. The molecule has 0 aliphatic carbocycles. The zero-order valence-corrected chi connectivity index (χ0v) is 17.7. The maximum Gasteiger partial charge on any atom is 0.244 e. The third kappa shape index (κ3) is 4.65. The minimum atomic E-state index is -3.80. The largest absolute Gasteiger partial charge is 0.301 e. The van der Waals surface area contributed by atoms with Crippen molar-refractivity contribution in [1.82, 2.24) is 14.3 Å². The molecule has 0 saturated heterocycles. The van der Waals surface area contributed by atoms with Gasteiger partial charge in [-0.25, -0.2) is 13.4 Å². The van der Waals surface area contributed by atoms with Gasteiger partial charge in [-0.15, -0.1) is 22.7 Å². The number of anilines is 1. The number of rotatable bonds is 6. The first-order valence-electron chi connectivity index (χ1n) is 7.34. The van der Waals surface area contributed by atoms with Crippen LogP contribution in [-0.4, -0.2) is 42.2 Å². The molecule has 0 atom stereocenters. The van der Waals surface area contributed by atoms with Crippen molar-refractivity contribution in [3.63, 3.8) is 0 Å². The lowest BCUT2D eigenvalue weighted by Crippen LogP contribution is -2.35. The van der Waals surface area contributed by atoms with Crippen molar-refractivity contribution < 1.29 is 13.2 Å². The van der Waals surface area contributed by atoms with E-state index in [4.69, 9.17) is 23.2 Å². The number of nitrogens with one attached hydrogen (secondary N) is 1. The van der Waals surface area contributed by atoms with Gasteiger partial charge in [0.25, 0.3) is 0 Å². The molecule has 3 rings (SSSR count). The summed E-state index contributed by atoms with van der Waals surface area (Å²) in [5.74, 6) is -0.514. The Kier molecular flexibility index (Phi) is 6.14. The lowest BCUT2D eigenvalue weighted by atomic mass is 10.3. The van der Waals surface area contributed by atoms with E-state index in [1.165, 1.54) is 54.2 Å². The summed E-state index contributed by atoms with van der Waals surface area (Å²) in [5, 5.41) is 4.65. The standard InChI is InChI=1S/C15H12Cl2N4O3S3/c1-21(27(23,24)9-3-2-4-18-6-9)7-13(22)20-15-19-11(8-25-15)10-5-12(16)26-14(10)17/h2-6,8H,7H2,1H3,(H,19,20,22). The van der Waals surface area contributed by atoms with Gasteiger partial charge in [-0.2, -0.15) is 4.31 Å². The minimum absolute atomic E-state index is 0.0146. The Balaban J connectivity index is 1.67. The molecule has 0 unspecified atom stereocenters. The van der Waals surface area contributed by atoms with Gasteiger partial charge in [-0.05, 0) is 18.2 Å². The summed E-state index contributed by atoms with van der Waals surface area (Å²) >= 11 is 14.5. The summed E-state index contributed by atoms with van der Waals surface area (Å²) < 4.78 is 26.8. The van der Waals surface area contributed by atoms with E-state index in [0.717, 1.165) is 4.31 Å². The maximum atomic E-state index is 12.4. The third-order valence-corrected chi connectivity index (χ3v) is 7.42. The summed E-state index contributed by atoms with van der Waals surface area (Å²) in [4.78, 5) is 20.3. The number of likely N-dealkylation sites (N-methyl/N-ethyl adjacent to an activating group) is 1. The highest BCUT2D eigenvalue weighted by Gasteiger charge is 2.23. The van der Waals surface area contributed by atoms with Gasteiger partial charge in [0.1, 0.15) is 9.23 Å². The topological polar surface area (TPSA) is 92.3 Å². The van der Waals surface area contributed by atoms with Gasteiger partial charge in [0.15, 0.2) is 5.13 Å². The number of thiazole rings is 1. The van der Waals surface area contributed by atoms with E-state index in [2.05, 4.69) is 15.3 Å². The molecule has 0 aliphatic heterocycles. The van der Waals surface area contributed by atoms with Gasteiger partial charge in [-0.1, -0.05) is 23.2 Å². The molecule has 1 N–H and O–H groups in total. The molecular weight excluding hydrogens is 451 g/mol. The van der Waals surface area contributed by atoms with Gasteiger partial charge in [-0.3, -0.25) is 9.78 Å². The van der Waals surface area contributed by atoms with Gasteiger partial charge < -0.3 is 5.32 Å². The van der Waals surface area contributed by atoms with Gasteiger partial charge in [0.2, 0.25) is 15.9 Å². The molecule has 0 fully saturated rings. The molecule has 0 bridgehead atoms. The molecule has 3 aromatic heterocycles. The second kappa shape index (κ2) is 8.21. The van der Waals surface area contributed by atoms with E-state index >= 15 is 0 Å². The van der Waals surface area contributed by atoms with Crippen molar-refractivity contribution in [1.29, 1.82) is 0 Å². The molecule has 3 aromatic rings. The van der Waals surface area contributed by atoms with E-state index in [0.29, 0.717) is 25.1 Å². The van der Waals surface area contributed by atoms with E-state index in [-0.39, 0.29) is 11.4 Å². The molecular formula is C15H12Cl2N4O3S3. The average molecular weight is 463 g/mol. The third-order valence-electron chi connectivity index (χ3n) is 3.39. The van der Waals surface area contributed by atoms with Crippen molar-refractivity contribution in [2.24, 2.45) is 0 Å². The van der Waals surface area contributed by atoms with Crippen molar-refractivity contribution in [2.45, 2.75) is 4.90 Å². The van der Waals surface area contributed by atoms with Crippen LogP contribution in [0.15, 0.2) is 40.9 Å². The van der Waals surface area contributed by atoms with Crippen molar-refractivity contribution in [3.05, 3.63) is 44.6 Å². The molecule has 0 spiro atoms. The monoisotopic (exact) mass is 462 g/mol. The van der Waals surface area contributed by atoms with Crippen molar-refractivity contribution >= 4 is 66.9 Å². The van der Waals surface area contributed by atoms with Crippen molar-refractivity contribution in [2.75, 3.05) is 18.9 Å². The number of pyridine rings is 1. The van der Waals surface area contributed by atoms with Gasteiger partial charge in [0.05, 0.1) is 16.6 Å². The highest BCUT2D eigenvalue weighted by Crippen LogP contribution is 2.38. The van der Waals surface area contributed by atoms with Crippen LogP contribution in [0.4, 0.5) is 5.13 Å². The summed E-state index contributed by atoms with van der Waals surface area (Å²) in [6.07, 6.45) is 2.70. The number of amides is 1. The number of carbonyl (C=O) groups excluding carboxylic acids is 1. The predicted octanol–water partition coefficient (Wildman–Crippen LogP) is 3.83. The normalized spacial score (nSPS) is 11.7. The Morgan fingerprint density at radius 1 is 1.37 bits per heavy atom. The molecule has 1 amide bonds. The molecule has 3 heterocycles. The van der Waals surface area contributed by atoms with Crippen LogP contribution < -0.4 is 5.32 Å². The second-order valence-electron chi connectivity index (χ2n) is 5.27. The second-order valence-corrected chi connectivity index (χ2v) is 10.5. The fourth-order valence-corrected chi connectivity index (χ4v) is 5.40. The van der Waals surface area contributed by atoms with Gasteiger partial charge in [0, 0.05) is 30.4 Å². The van der Waals surface area contributed by atoms with Crippen LogP contribution in [-0.2, 0) is 14.8 Å². The molecule has 27 heavy (non-hydrogen) atoms. The number of carbonyl (C=O) groups is 1. The van der Waals surface area contributed by atoms with Gasteiger partial charge >= 0.3 is 0 Å². The minimum Gasteiger partial charge on any atom is -0.301 e. The average Bonchev–Trinajstić information content (AvgIpc) is 3.21. The van der Waals surface area contributed by atoms with E-state index in [1.807, 2.05) is 0 Å². The van der Waals surface area contributed by atoms with Crippen molar-refractivity contribution in [3.8, 4) is 11.3 Å². The molecule has 142 valence electrons. The lowest BCUT2D eigenvalue weighted by molar-refractivity contribution is -0.116. The van der Waals surface area contributed by atoms with Crippen LogP contribution in [0.2, 0.25) is 8.67 Å². The quantitative estimate of drug-likeness (QED) is 0.600. The lowest BCUT2D eigenvalue weighted by Gasteiger charge is -2.16. The van der Waals surface area contributed by atoms with Crippen LogP contribution >= 0.6 is 45.9 Å². The predicted molar refractivity (Wildman–Crippen MR) is 108 cm³/mol. The van der Waals surface area contributed by atoms with Crippen LogP contribution in [0.25, 0.3) is 11.3 Å². The molecule has 12 heteroatoms. The number of halogens is 2. The Labute approximate surface area is 173 Å². The van der Waals surface area contributed by atoms with Crippen LogP contribution in [0.5, 0.6) is 0 Å². The van der Waals surface area contributed by atoms with E-state index in [9.17, 15) is 13.2 Å². The molecule has 0 saturated carbocycles. The fourth-order valence-electron chi connectivity index (χ4n) is 2.10. The number of nitrogens with zero attached hydrogens (tertiary/aromatic N) is 3. The number of thiophene rings is 1. The van der Waals surface area contributed by atoms with E-state index in [1.54, 1.807) is 11.4 Å². The van der Waals surface area contributed by atoms with Crippen LogP contribution in [0.3, 0.4) is 0 Å². The zero-order chi connectivity index (χ0) is 19.6. The first-order chi connectivity index (χ1) is 12.8. The molecule has 0 aromatic carbocycles. The Hall–Kier alpha value is -1.56. The van der Waals surface area contributed by atoms with Crippen LogP contribution in [0.1, 0.15) is 0 Å². The Morgan fingerprint density at radius 3 is 2.78 bits per heavy atom.